The molecule has 31 heavy (non-hydrogen) atoms. The van der Waals surface area contributed by atoms with Gasteiger partial charge in [0.15, 0.2) is 5.13 Å². The van der Waals surface area contributed by atoms with E-state index in [1.807, 2.05) is 36.6 Å². The first-order valence-electron chi connectivity index (χ1n) is 9.88. The predicted octanol–water partition coefficient (Wildman–Crippen LogP) is 3.14. The van der Waals surface area contributed by atoms with Crippen molar-refractivity contribution in [1.29, 1.82) is 0 Å². The van der Waals surface area contributed by atoms with Gasteiger partial charge in [0, 0.05) is 18.0 Å². The molecular formula is C22H19N5O3S. The molecule has 1 fully saturated rings. The Bertz CT molecular complexity index is 1190. The first-order chi connectivity index (χ1) is 15.0. The number of anilines is 2. The summed E-state index contributed by atoms with van der Waals surface area (Å²) in [7, 11) is 0. The Hall–Kier alpha value is -3.59. The molecule has 2 aromatic heterocycles. The molecule has 0 spiro atoms. The van der Waals surface area contributed by atoms with E-state index >= 15 is 0 Å². The molecule has 1 atom stereocenters. The zero-order valence-corrected chi connectivity index (χ0v) is 17.6. The number of carbonyl (C=O) groups excluding carboxylic acids is 3. The van der Waals surface area contributed by atoms with E-state index < -0.39 is 5.66 Å². The van der Waals surface area contributed by atoms with Gasteiger partial charge in [-0.3, -0.25) is 24.3 Å². The van der Waals surface area contributed by atoms with Crippen molar-refractivity contribution in [2.45, 2.75) is 25.4 Å². The number of fused-ring (bicyclic) bond motifs is 3. The molecule has 0 aliphatic carbocycles. The van der Waals surface area contributed by atoms with Crippen molar-refractivity contribution in [2.24, 2.45) is 0 Å². The van der Waals surface area contributed by atoms with Crippen LogP contribution in [0.3, 0.4) is 0 Å². The molecule has 3 aromatic rings. The Labute approximate surface area is 182 Å². The summed E-state index contributed by atoms with van der Waals surface area (Å²) in [6.07, 6.45) is 2.48. The van der Waals surface area contributed by atoms with Gasteiger partial charge < -0.3 is 10.2 Å². The summed E-state index contributed by atoms with van der Waals surface area (Å²) in [5, 5.41) is 5.02. The van der Waals surface area contributed by atoms with Gasteiger partial charge in [-0.25, -0.2) is 4.98 Å². The normalized spacial score (nSPS) is 19.9. The van der Waals surface area contributed by atoms with Gasteiger partial charge in [-0.2, -0.15) is 0 Å². The van der Waals surface area contributed by atoms with Crippen LogP contribution in [0, 0.1) is 0 Å². The molecule has 0 bridgehead atoms. The van der Waals surface area contributed by atoms with Gasteiger partial charge in [-0.1, -0.05) is 18.2 Å². The van der Waals surface area contributed by atoms with Crippen molar-refractivity contribution < 1.29 is 14.4 Å². The van der Waals surface area contributed by atoms with Gasteiger partial charge in [0.25, 0.3) is 5.91 Å². The molecular weight excluding hydrogens is 414 g/mol. The summed E-state index contributed by atoms with van der Waals surface area (Å²) in [4.78, 5) is 50.5. The third-order valence-corrected chi connectivity index (χ3v) is 6.48. The van der Waals surface area contributed by atoms with E-state index in [1.54, 1.807) is 29.3 Å². The van der Waals surface area contributed by atoms with E-state index in [0.717, 1.165) is 5.69 Å². The molecule has 0 saturated carbocycles. The summed E-state index contributed by atoms with van der Waals surface area (Å²) >= 11 is 1.29. The maximum absolute atomic E-state index is 13.2. The van der Waals surface area contributed by atoms with Crippen LogP contribution in [-0.4, -0.2) is 44.8 Å². The highest BCUT2D eigenvalue weighted by atomic mass is 32.1. The van der Waals surface area contributed by atoms with Crippen molar-refractivity contribution in [3.63, 3.8) is 0 Å². The minimum absolute atomic E-state index is 0.0483. The number of hydrogen-bond acceptors (Lipinski definition) is 6. The molecule has 156 valence electrons. The van der Waals surface area contributed by atoms with E-state index in [2.05, 4.69) is 15.3 Å². The Morgan fingerprint density at radius 2 is 1.97 bits per heavy atom. The Morgan fingerprint density at radius 3 is 2.77 bits per heavy atom. The number of amides is 3. The summed E-state index contributed by atoms with van der Waals surface area (Å²) in [6, 6.07) is 12.6. The second-order valence-corrected chi connectivity index (χ2v) is 8.51. The first kappa shape index (κ1) is 19.4. The zero-order chi connectivity index (χ0) is 21.6. The second-order valence-electron chi connectivity index (χ2n) is 7.66. The lowest BCUT2D eigenvalue weighted by atomic mass is 9.98. The van der Waals surface area contributed by atoms with Crippen LogP contribution in [0.15, 0.2) is 54.0 Å². The summed E-state index contributed by atoms with van der Waals surface area (Å²) in [5.74, 6) is -0.671. The maximum atomic E-state index is 13.2. The fourth-order valence-corrected chi connectivity index (χ4v) is 4.93. The van der Waals surface area contributed by atoms with Crippen LogP contribution in [0.25, 0.3) is 11.4 Å². The fraction of sp³-hybridized carbons (Fsp3) is 0.227. The van der Waals surface area contributed by atoms with Gasteiger partial charge in [-0.15, -0.1) is 11.3 Å². The number of nitrogens with zero attached hydrogens (tertiary/aromatic N) is 4. The molecule has 5 rings (SSSR count). The van der Waals surface area contributed by atoms with Crippen molar-refractivity contribution in [3.8, 4) is 11.4 Å². The molecule has 2 aliphatic heterocycles. The highest BCUT2D eigenvalue weighted by Gasteiger charge is 2.53. The average Bonchev–Trinajstić information content (AvgIpc) is 3.36. The first-order valence-corrected chi connectivity index (χ1v) is 10.8. The van der Waals surface area contributed by atoms with Gasteiger partial charge in [0.1, 0.15) is 17.9 Å². The molecule has 8 nitrogen and oxygen atoms in total. The Balaban J connectivity index is 1.38. The molecule has 1 unspecified atom stereocenters. The number of benzene rings is 1. The zero-order valence-electron chi connectivity index (χ0n) is 16.7. The third-order valence-electron chi connectivity index (χ3n) is 5.73. The second kappa shape index (κ2) is 7.28. The molecule has 4 heterocycles. The topological polar surface area (TPSA) is 95.5 Å². The van der Waals surface area contributed by atoms with Gasteiger partial charge in [0.05, 0.1) is 16.9 Å². The molecule has 1 aromatic carbocycles. The van der Waals surface area contributed by atoms with Crippen molar-refractivity contribution >= 4 is 39.9 Å². The average molecular weight is 433 g/mol. The molecule has 1 saturated heterocycles. The number of thiazole rings is 1. The van der Waals surface area contributed by atoms with Crippen LogP contribution in [-0.2, 0) is 9.59 Å². The Kier molecular flexibility index (Phi) is 4.55. The number of nitrogens with one attached hydrogen (secondary N) is 1. The standard InChI is InChI=1S/C22H19N5O3S/c1-22-10-9-19(29)27(22)17-8-3-2-6-14(17)20(30)26(22)12-18(28)25-21-24-16(13-31-21)15-7-4-5-11-23-15/h2-8,11,13H,9-10,12H2,1H3,(H,24,25,28). The van der Waals surface area contributed by atoms with Crippen molar-refractivity contribution in [2.75, 3.05) is 16.8 Å². The number of para-hydroxylation sites is 1. The number of carbonyl (C=O) groups is 3. The van der Waals surface area contributed by atoms with E-state index in [4.69, 9.17) is 0 Å². The van der Waals surface area contributed by atoms with Crippen LogP contribution in [0.1, 0.15) is 30.1 Å². The monoisotopic (exact) mass is 433 g/mol. The summed E-state index contributed by atoms with van der Waals surface area (Å²) in [6.45, 7) is 1.66. The number of hydrogen-bond donors (Lipinski definition) is 1. The molecule has 1 N–H and O–H groups in total. The molecule has 2 aliphatic rings. The van der Waals surface area contributed by atoms with E-state index in [9.17, 15) is 14.4 Å². The highest BCUT2D eigenvalue weighted by Crippen LogP contribution is 2.43. The molecule has 0 radical (unpaired) electrons. The van der Waals surface area contributed by atoms with E-state index in [-0.39, 0.29) is 24.3 Å². The number of aromatic nitrogens is 2. The van der Waals surface area contributed by atoms with Gasteiger partial charge in [0.2, 0.25) is 11.8 Å². The number of rotatable bonds is 4. The lowest BCUT2D eigenvalue weighted by molar-refractivity contribution is -0.120. The maximum Gasteiger partial charge on any atom is 0.258 e. The predicted molar refractivity (Wildman–Crippen MR) is 117 cm³/mol. The van der Waals surface area contributed by atoms with Gasteiger partial charge >= 0.3 is 0 Å². The summed E-state index contributed by atoms with van der Waals surface area (Å²) < 4.78 is 0. The quantitative estimate of drug-likeness (QED) is 0.682. The highest BCUT2D eigenvalue weighted by molar-refractivity contribution is 7.14. The van der Waals surface area contributed by atoms with Crippen LogP contribution in [0.4, 0.5) is 10.8 Å². The van der Waals surface area contributed by atoms with Gasteiger partial charge in [-0.05, 0) is 37.6 Å². The molecule has 3 amide bonds. The molecule has 9 heteroatoms. The van der Waals surface area contributed by atoms with Crippen molar-refractivity contribution in [3.05, 3.63) is 59.6 Å². The minimum atomic E-state index is -0.873. The SMILES string of the molecule is CC12CCC(=O)N1c1ccccc1C(=O)N2CC(=O)Nc1nc(-c2ccccn2)cs1. The van der Waals surface area contributed by atoms with Crippen LogP contribution in [0.2, 0.25) is 0 Å². The van der Waals surface area contributed by atoms with Crippen molar-refractivity contribution in [1.82, 2.24) is 14.9 Å². The van der Waals surface area contributed by atoms with Crippen LogP contribution in [0.5, 0.6) is 0 Å². The van der Waals surface area contributed by atoms with E-state index in [1.165, 1.54) is 16.2 Å². The fourth-order valence-electron chi connectivity index (χ4n) is 4.21. The summed E-state index contributed by atoms with van der Waals surface area (Å²) in [5.41, 5.74) is 1.55. The minimum Gasteiger partial charge on any atom is -0.306 e. The smallest absolute Gasteiger partial charge is 0.258 e. The third kappa shape index (κ3) is 3.17. The Morgan fingerprint density at radius 1 is 1.16 bits per heavy atom. The van der Waals surface area contributed by atoms with E-state index in [0.29, 0.717) is 34.9 Å². The van der Waals surface area contributed by atoms with Crippen LogP contribution >= 0.6 is 11.3 Å². The lowest BCUT2D eigenvalue weighted by Gasteiger charge is -2.48. The van der Waals surface area contributed by atoms with Crippen LogP contribution < -0.4 is 10.2 Å². The largest absolute Gasteiger partial charge is 0.306 e. The number of pyridine rings is 1. The lowest BCUT2D eigenvalue weighted by Crippen LogP contribution is -2.63.